The Bertz CT molecular complexity index is 703. The fourth-order valence-corrected chi connectivity index (χ4v) is 4.00. The van der Waals surface area contributed by atoms with Crippen molar-refractivity contribution in [1.29, 1.82) is 0 Å². The Kier molecular flexibility index (Phi) is 4.69. The van der Waals surface area contributed by atoms with Crippen LogP contribution in [0.1, 0.15) is 43.9 Å². The van der Waals surface area contributed by atoms with E-state index < -0.39 is 0 Å². The summed E-state index contributed by atoms with van der Waals surface area (Å²) in [5.41, 5.74) is 3.38. The minimum atomic E-state index is -0.375. The Morgan fingerprint density at radius 3 is 2.74 bits per heavy atom. The third kappa shape index (κ3) is 2.64. The SMILES string of the molecule is CCN(CC)C(=O)C1CCCc2c1c1ccccc1n2CC[18F]. The fraction of sp³-hybridized carbons (Fsp3) is 0.526. The molecule has 1 aromatic carbocycles. The molecule has 1 heterocycles. The van der Waals surface area contributed by atoms with Crippen LogP contribution in [0.2, 0.25) is 0 Å². The van der Waals surface area contributed by atoms with Crippen LogP contribution >= 0.6 is 0 Å². The topological polar surface area (TPSA) is 25.2 Å². The molecule has 0 radical (unpaired) electrons. The van der Waals surface area contributed by atoms with Crippen molar-refractivity contribution in [2.45, 2.75) is 45.6 Å². The second kappa shape index (κ2) is 6.73. The summed E-state index contributed by atoms with van der Waals surface area (Å²) in [4.78, 5) is 14.9. The quantitative estimate of drug-likeness (QED) is 0.821. The molecule has 0 N–H and O–H groups in total. The fourth-order valence-electron chi connectivity index (χ4n) is 4.00. The van der Waals surface area contributed by atoms with Crippen LogP contribution in [-0.4, -0.2) is 35.1 Å². The van der Waals surface area contributed by atoms with Gasteiger partial charge in [-0.25, -0.2) is 4.39 Å². The summed E-state index contributed by atoms with van der Waals surface area (Å²) in [6.45, 7) is 5.53. The number of alkyl halides is 1. The van der Waals surface area contributed by atoms with Gasteiger partial charge in [0.2, 0.25) is 5.91 Å². The van der Waals surface area contributed by atoms with Crippen molar-refractivity contribution in [3.8, 4) is 0 Å². The summed E-state index contributed by atoms with van der Waals surface area (Å²) >= 11 is 0. The summed E-state index contributed by atoms with van der Waals surface area (Å²) in [5, 5.41) is 1.13. The third-order valence-electron chi connectivity index (χ3n) is 5.06. The largest absolute Gasteiger partial charge is 0.343 e. The summed E-state index contributed by atoms with van der Waals surface area (Å²) in [6.07, 6.45) is 2.82. The van der Waals surface area contributed by atoms with Gasteiger partial charge in [-0.1, -0.05) is 18.2 Å². The standard InChI is InChI=1S/C19H25FN2O/c1-3-21(4-2)19(23)15-9-7-11-17-18(15)14-8-5-6-10-16(14)22(17)13-12-20/h5-6,8,10,15H,3-4,7,9,11-13H2,1-2H3/i20-1. The maximum absolute atomic E-state index is 13.1. The second-order valence-electron chi connectivity index (χ2n) is 6.17. The van der Waals surface area contributed by atoms with E-state index >= 15 is 0 Å². The number of likely N-dealkylation sites (N-methyl/N-ethyl adjacent to an activating group) is 1. The van der Waals surface area contributed by atoms with Gasteiger partial charge in [-0.15, -0.1) is 0 Å². The Morgan fingerprint density at radius 1 is 1.30 bits per heavy atom. The minimum absolute atomic E-state index is 0.0792. The molecule has 1 aromatic heterocycles. The summed E-state index contributed by atoms with van der Waals surface area (Å²) in [5.74, 6) is 0.142. The number of carbonyl (C=O) groups is 1. The number of nitrogens with zero attached hydrogens (tertiary/aromatic N) is 2. The highest BCUT2D eigenvalue weighted by atomic mass is 18.2. The predicted molar refractivity (Wildman–Crippen MR) is 91.5 cm³/mol. The molecular weight excluding hydrogens is 290 g/mol. The van der Waals surface area contributed by atoms with Crippen molar-refractivity contribution in [3.63, 3.8) is 0 Å². The highest BCUT2D eigenvalue weighted by Gasteiger charge is 2.33. The molecule has 4 heteroatoms. The first-order valence-electron chi connectivity index (χ1n) is 8.67. The Labute approximate surface area is 137 Å². The Hall–Kier alpha value is -1.84. The molecule has 0 saturated carbocycles. The molecule has 124 valence electrons. The number of hydrogen-bond acceptors (Lipinski definition) is 1. The molecule has 0 spiro atoms. The van der Waals surface area contributed by atoms with E-state index in [1.54, 1.807) is 0 Å². The molecule has 0 saturated heterocycles. The number of fused-ring (bicyclic) bond motifs is 3. The van der Waals surface area contributed by atoms with Crippen LogP contribution in [0.3, 0.4) is 0 Å². The van der Waals surface area contributed by atoms with E-state index in [9.17, 15) is 9.18 Å². The van der Waals surface area contributed by atoms with E-state index in [0.717, 1.165) is 48.8 Å². The highest BCUT2D eigenvalue weighted by Crippen LogP contribution is 2.40. The van der Waals surface area contributed by atoms with Crippen molar-refractivity contribution < 1.29 is 9.18 Å². The number of para-hydroxylation sites is 1. The number of hydrogen-bond donors (Lipinski definition) is 0. The lowest BCUT2D eigenvalue weighted by atomic mass is 9.84. The van der Waals surface area contributed by atoms with Crippen molar-refractivity contribution in [3.05, 3.63) is 35.5 Å². The Balaban J connectivity index is 2.14. The van der Waals surface area contributed by atoms with Gasteiger partial charge >= 0.3 is 0 Å². The maximum Gasteiger partial charge on any atom is 0.230 e. The van der Waals surface area contributed by atoms with Crippen LogP contribution in [0.4, 0.5) is 4.39 Å². The zero-order valence-electron chi connectivity index (χ0n) is 14.0. The first-order valence-corrected chi connectivity index (χ1v) is 8.67. The predicted octanol–water partition coefficient (Wildman–Crippen LogP) is 3.90. The highest BCUT2D eigenvalue weighted by molar-refractivity contribution is 5.94. The zero-order valence-corrected chi connectivity index (χ0v) is 14.0. The molecule has 0 aliphatic heterocycles. The molecule has 1 aliphatic carbocycles. The van der Waals surface area contributed by atoms with Crippen LogP contribution in [0.25, 0.3) is 10.9 Å². The molecule has 0 fully saturated rings. The minimum Gasteiger partial charge on any atom is -0.343 e. The number of amides is 1. The first kappa shape index (κ1) is 16.0. The smallest absolute Gasteiger partial charge is 0.230 e. The van der Waals surface area contributed by atoms with Crippen LogP contribution in [0.5, 0.6) is 0 Å². The number of halogens is 1. The van der Waals surface area contributed by atoms with Gasteiger partial charge in [-0.3, -0.25) is 4.79 Å². The number of aryl methyl sites for hydroxylation is 1. The summed E-state index contributed by atoms with van der Waals surface area (Å²) in [7, 11) is 0. The zero-order chi connectivity index (χ0) is 16.4. The second-order valence-corrected chi connectivity index (χ2v) is 6.17. The van der Waals surface area contributed by atoms with Crippen LogP contribution in [0, 0.1) is 0 Å². The van der Waals surface area contributed by atoms with Crippen molar-refractivity contribution >= 4 is 16.8 Å². The Morgan fingerprint density at radius 2 is 2.04 bits per heavy atom. The van der Waals surface area contributed by atoms with Gasteiger partial charge in [-0.05, 0) is 44.7 Å². The maximum atomic E-state index is 13.1. The lowest BCUT2D eigenvalue weighted by molar-refractivity contribution is -0.132. The van der Waals surface area contributed by atoms with Crippen LogP contribution in [0.15, 0.2) is 24.3 Å². The number of aromatic nitrogens is 1. The molecule has 0 bridgehead atoms. The lowest BCUT2D eigenvalue weighted by Crippen LogP contribution is -2.36. The van der Waals surface area contributed by atoms with E-state index in [1.165, 1.54) is 5.69 Å². The molecular formula is C19H25FN2O. The molecule has 1 aliphatic rings. The van der Waals surface area contributed by atoms with E-state index in [0.29, 0.717) is 6.54 Å². The molecule has 1 amide bonds. The molecule has 2 aromatic rings. The number of rotatable bonds is 5. The average Bonchev–Trinajstić information content (AvgIpc) is 2.91. The van der Waals surface area contributed by atoms with Crippen LogP contribution in [-0.2, 0) is 17.8 Å². The van der Waals surface area contributed by atoms with E-state index in [-0.39, 0.29) is 18.5 Å². The van der Waals surface area contributed by atoms with E-state index in [2.05, 4.69) is 10.6 Å². The number of benzene rings is 1. The van der Waals surface area contributed by atoms with Crippen molar-refractivity contribution in [2.75, 3.05) is 19.8 Å². The van der Waals surface area contributed by atoms with Crippen molar-refractivity contribution in [2.24, 2.45) is 0 Å². The number of carbonyl (C=O) groups excluding carboxylic acids is 1. The van der Waals surface area contributed by atoms with Gasteiger partial charge in [0, 0.05) is 29.7 Å². The monoisotopic (exact) mass is 315 g/mol. The van der Waals surface area contributed by atoms with E-state index in [1.807, 2.05) is 36.9 Å². The molecule has 1 atom stereocenters. The molecule has 3 rings (SSSR count). The van der Waals surface area contributed by atoms with Gasteiger partial charge < -0.3 is 9.47 Å². The van der Waals surface area contributed by atoms with Gasteiger partial charge in [0.1, 0.15) is 6.67 Å². The molecule has 23 heavy (non-hydrogen) atoms. The third-order valence-corrected chi connectivity index (χ3v) is 5.06. The van der Waals surface area contributed by atoms with Crippen molar-refractivity contribution in [1.82, 2.24) is 9.47 Å². The van der Waals surface area contributed by atoms with Gasteiger partial charge in [-0.2, -0.15) is 0 Å². The average molecular weight is 315 g/mol. The summed E-state index contributed by atoms with van der Waals surface area (Å²) in [6, 6.07) is 8.12. The van der Waals surface area contributed by atoms with Gasteiger partial charge in [0.15, 0.2) is 0 Å². The lowest BCUT2D eigenvalue weighted by Gasteiger charge is -2.29. The van der Waals surface area contributed by atoms with Gasteiger partial charge in [0.25, 0.3) is 0 Å². The first-order chi connectivity index (χ1) is 11.2. The molecule has 1 unspecified atom stereocenters. The van der Waals surface area contributed by atoms with Gasteiger partial charge in [0.05, 0.1) is 12.5 Å². The van der Waals surface area contributed by atoms with E-state index in [4.69, 9.17) is 0 Å². The molecule has 3 nitrogen and oxygen atoms in total. The van der Waals surface area contributed by atoms with Crippen LogP contribution < -0.4 is 0 Å². The summed E-state index contributed by atoms with van der Waals surface area (Å²) < 4.78 is 15.1. The normalized spacial score (nSPS) is 17.3.